The van der Waals surface area contributed by atoms with E-state index in [4.69, 9.17) is 5.73 Å². The molecule has 0 fully saturated rings. The fraction of sp³-hybridized carbons (Fsp3) is 0.111. The molecule has 140 valence electrons. The van der Waals surface area contributed by atoms with Gasteiger partial charge in [-0.3, -0.25) is 9.20 Å². The van der Waals surface area contributed by atoms with Crippen molar-refractivity contribution in [3.05, 3.63) is 63.8 Å². The Morgan fingerprint density at radius 3 is 2.52 bits per heavy atom. The van der Waals surface area contributed by atoms with Crippen molar-refractivity contribution in [1.29, 1.82) is 0 Å². The summed E-state index contributed by atoms with van der Waals surface area (Å²) in [6, 6.07) is 12.6. The van der Waals surface area contributed by atoms with Gasteiger partial charge in [-0.2, -0.15) is 0 Å². The van der Waals surface area contributed by atoms with Crippen LogP contribution < -0.4 is 11.2 Å². The zero-order valence-corrected chi connectivity index (χ0v) is 16.0. The van der Waals surface area contributed by atoms with Gasteiger partial charge >= 0.3 is 0 Å². The maximum atomic E-state index is 13.1. The Morgan fingerprint density at radius 1 is 1.11 bits per heavy atom. The summed E-state index contributed by atoms with van der Waals surface area (Å²) in [4.78, 5) is 29.0. The van der Waals surface area contributed by atoms with Crippen molar-refractivity contribution in [2.45, 2.75) is 13.5 Å². The van der Waals surface area contributed by atoms with E-state index in [1.807, 2.05) is 23.6 Å². The average Bonchev–Trinajstić information content (AvgIpc) is 3.00. The third-order valence-electron chi connectivity index (χ3n) is 4.36. The van der Waals surface area contributed by atoms with E-state index in [0.717, 1.165) is 5.52 Å². The summed E-state index contributed by atoms with van der Waals surface area (Å²) in [5.74, 6) is 0.344. The molecule has 3 aromatic heterocycles. The molecule has 0 aliphatic heterocycles. The van der Waals surface area contributed by atoms with Gasteiger partial charge in [0.15, 0.2) is 0 Å². The highest BCUT2D eigenvalue weighted by Crippen LogP contribution is 2.33. The van der Waals surface area contributed by atoms with E-state index in [2.05, 4.69) is 10.2 Å². The Labute approximate surface area is 166 Å². The number of rotatable bonds is 3. The fourth-order valence-corrected chi connectivity index (χ4v) is 3.22. The first kappa shape index (κ1) is 20.4. The molecule has 4 aromatic rings. The number of nitroso groups, excluding NO2 is 1. The van der Waals surface area contributed by atoms with Crippen LogP contribution in [0.1, 0.15) is 6.92 Å². The van der Waals surface area contributed by atoms with E-state index in [9.17, 15) is 9.70 Å². The molecule has 0 bridgehead atoms. The van der Waals surface area contributed by atoms with Crippen LogP contribution in [-0.4, -0.2) is 14.0 Å². The molecular weight excluding hydrogens is 389 g/mol. The first-order valence-electron chi connectivity index (χ1n) is 7.89. The summed E-state index contributed by atoms with van der Waals surface area (Å²) in [7, 11) is 0. The number of fused-ring (bicyclic) bond motifs is 2. The van der Waals surface area contributed by atoms with Crippen LogP contribution in [0.25, 0.3) is 27.8 Å². The number of aromatic nitrogens is 3. The molecule has 7 nitrogen and oxygen atoms in total. The maximum absolute atomic E-state index is 13.1. The van der Waals surface area contributed by atoms with Crippen molar-refractivity contribution in [3.8, 4) is 11.3 Å². The van der Waals surface area contributed by atoms with Crippen molar-refractivity contribution < 1.29 is 0 Å². The first-order valence-corrected chi connectivity index (χ1v) is 7.89. The highest BCUT2D eigenvalue weighted by Gasteiger charge is 2.23. The van der Waals surface area contributed by atoms with E-state index < -0.39 is 0 Å². The molecule has 0 atom stereocenters. The lowest BCUT2D eigenvalue weighted by Crippen LogP contribution is -2.17. The molecule has 9 heteroatoms. The van der Waals surface area contributed by atoms with Crippen molar-refractivity contribution in [3.63, 3.8) is 0 Å². The van der Waals surface area contributed by atoms with Gasteiger partial charge in [-0.25, -0.2) is 4.98 Å². The summed E-state index contributed by atoms with van der Waals surface area (Å²) in [5, 5.41) is 3.63. The zero-order valence-electron chi connectivity index (χ0n) is 14.3. The summed E-state index contributed by atoms with van der Waals surface area (Å²) < 4.78 is 3.39. The van der Waals surface area contributed by atoms with Crippen LogP contribution in [-0.2, 0) is 6.54 Å². The van der Waals surface area contributed by atoms with Crippen molar-refractivity contribution in [2.75, 3.05) is 5.73 Å². The lowest BCUT2D eigenvalue weighted by molar-refractivity contribution is 0.800. The Bertz CT molecular complexity index is 1200. The molecule has 0 amide bonds. The molecule has 4 rings (SSSR count). The van der Waals surface area contributed by atoms with Crippen LogP contribution in [0.15, 0.2) is 58.6 Å². The molecule has 3 heterocycles. The molecule has 27 heavy (non-hydrogen) atoms. The van der Waals surface area contributed by atoms with E-state index >= 15 is 0 Å². The summed E-state index contributed by atoms with van der Waals surface area (Å²) in [6.45, 7) is 2.52. The van der Waals surface area contributed by atoms with Gasteiger partial charge in [0.2, 0.25) is 11.2 Å². The molecule has 0 aliphatic rings. The number of nitrogen functional groups attached to an aromatic ring is 1. The number of aryl methyl sites for hydroxylation is 1. The van der Waals surface area contributed by atoms with Crippen molar-refractivity contribution in [2.24, 2.45) is 5.18 Å². The van der Waals surface area contributed by atoms with Crippen molar-refractivity contribution >= 4 is 53.0 Å². The number of pyridine rings is 2. The van der Waals surface area contributed by atoms with Gasteiger partial charge in [0.05, 0.1) is 11.1 Å². The quantitative estimate of drug-likeness (QED) is 0.517. The number of nitrogens with zero attached hydrogens (tertiary/aromatic N) is 4. The summed E-state index contributed by atoms with van der Waals surface area (Å²) in [5.41, 5.74) is 7.74. The number of imidazole rings is 1. The van der Waals surface area contributed by atoms with Gasteiger partial charge in [0.1, 0.15) is 17.2 Å². The van der Waals surface area contributed by atoms with Gasteiger partial charge in [0.25, 0.3) is 0 Å². The SMILES string of the molecule is CCn1c(N)c(-c2nc3ccccn3c2N=O)c(=O)c2ccccc21.Cl.Cl. The topological polar surface area (TPSA) is 94.8 Å². The lowest BCUT2D eigenvalue weighted by Gasteiger charge is -2.15. The average molecular weight is 406 g/mol. The highest BCUT2D eigenvalue weighted by molar-refractivity contribution is 5.91. The Morgan fingerprint density at radius 2 is 1.81 bits per heavy atom. The number of nitrogens with two attached hydrogens (primary N) is 1. The van der Waals surface area contributed by atoms with E-state index in [1.54, 1.807) is 40.9 Å². The van der Waals surface area contributed by atoms with Crippen LogP contribution in [0.2, 0.25) is 0 Å². The second-order valence-corrected chi connectivity index (χ2v) is 5.65. The standard InChI is InChI=1S/C18H15N5O2.2ClH/c1-2-22-12-8-4-3-7-11(12)16(24)14(17(22)19)15-18(21-25)23-10-6-5-9-13(23)20-15;;/h3-10H,2,19H2,1H3;2*1H. The van der Waals surface area contributed by atoms with Crippen LogP contribution in [0.3, 0.4) is 0 Å². The van der Waals surface area contributed by atoms with Crippen LogP contribution in [0.4, 0.5) is 11.6 Å². The normalized spacial score (nSPS) is 10.4. The fourth-order valence-electron chi connectivity index (χ4n) is 3.22. The Hall–Kier alpha value is -2.90. The lowest BCUT2D eigenvalue weighted by atomic mass is 10.1. The molecule has 0 aliphatic carbocycles. The van der Waals surface area contributed by atoms with Crippen LogP contribution in [0, 0.1) is 4.91 Å². The number of hydrogen-bond acceptors (Lipinski definition) is 5. The minimum Gasteiger partial charge on any atom is -0.384 e. The second kappa shape index (κ2) is 7.77. The number of anilines is 1. The number of para-hydroxylation sites is 1. The highest BCUT2D eigenvalue weighted by atomic mass is 35.5. The van der Waals surface area contributed by atoms with Gasteiger partial charge in [-0.1, -0.05) is 18.2 Å². The third kappa shape index (κ3) is 2.94. The molecule has 0 radical (unpaired) electrons. The molecule has 0 unspecified atom stereocenters. The first-order chi connectivity index (χ1) is 12.2. The smallest absolute Gasteiger partial charge is 0.209 e. The van der Waals surface area contributed by atoms with E-state index in [1.165, 1.54) is 0 Å². The number of halogens is 2. The third-order valence-corrected chi connectivity index (χ3v) is 4.36. The zero-order chi connectivity index (χ0) is 17.6. The minimum absolute atomic E-state index is 0. The van der Waals surface area contributed by atoms with Gasteiger partial charge in [0, 0.05) is 18.1 Å². The van der Waals surface area contributed by atoms with E-state index in [-0.39, 0.29) is 53.1 Å². The maximum Gasteiger partial charge on any atom is 0.209 e. The number of hydrogen-bond donors (Lipinski definition) is 1. The second-order valence-electron chi connectivity index (χ2n) is 5.65. The predicted molar refractivity (Wildman–Crippen MR) is 112 cm³/mol. The Balaban J connectivity index is 0.00000131. The van der Waals surface area contributed by atoms with Gasteiger partial charge < -0.3 is 10.3 Å². The number of benzene rings is 1. The molecule has 0 saturated heterocycles. The largest absolute Gasteiger partial charge is 0.384 e. The van der Waals surface area contributed by atoms with Gasteiger partial charge in [-0.15, -0.1) is 29.7 Å². The minimum atomic E-state index is -0.258. The van der Waals surface area contributed by atoms with Crippen LogP contribution >= 0.6 is 24.8 Å². The monoisotopic (exact) mass is 405 g/mol. The molecule has 2 N–H and O–H groups in total. The molecule has 1 aromatic carbocycles. The van der Waals surface area contributed by atoms with Crippen LogP contribution in [0.5, 0.6) is 0 Å². The Kier molecular flexibility index (Phi) is 5.88. The summed E-state index contributed by atoms with van der Waals surface area (Å²) in [6.07, 6.45) is 1.68. The van der Waals surface area contributed by atoms with Crippen molar-refractivity contribution in [1.82, 2.24) is 14.0 Å². The molecule has 0 spiro atoms. The van der Waals surface area contributed by atoms with Gasteiger partial charge in [-0.05, 0) is 36.4 Å². The van der Waals surface area contributed by atoms with E-state index in [0.29, 0.717) is 17.6 Å². The molecule has 0 saturated carbocycles. The summed E-state index contributed by atoms with van der Waals surface area (Å²) >= 11 is 0. The molecular formula is C18H17Cl2N5O2. The predicted octanol–water partition coefficient (Wildman–Crippen LogP) is 4.16.